The second kappa shape index (κ2) is 5.54. The topological polar surface area (TPSA) is 46.5 Å². The number of halogens is 1. The SMILES string of the molecule is O=C(O)C(COc1ccc(Br)cc1)C1CCC1. The molecule has 3 nitrogen and oxygen atoms in total. The maximum absolute atomic E-state index is 11.1. The summed E-state index contributed by atoms with van der Waals surface area (Å²) in [6.07, 6.45) is 3.17. The van der Waals surface area contributed by atoms with Crippen molar-refractivity contribution in [2.24, 2.45) is 11.8 Å². The van der Waals surface area contributed by atoms with Gasteiger partial charge in [0.05, 0.1) is 5.92 Å². The maximum atomic E-state index is 11.1. The quantitative estimate of drug-likeness (QED) is 0.907. The summed E-state index contributed by atoms with van der Waals surface area (Å²) in [5.74, 6) is -0.0964. The third-order valence-electron chi connectivity index (χ3n) is 3.28. The van der Waals surface area contributed by atoms with Gasteiger partial charge in [-0.15, -0.1) is 0 Å². The van der Waals surface area contributed by atoms with E-state index in [1.54, 1.807) is 0 Å². The number of carboxylic acids is 1. The second-order valence-corrected chi connectivity index (χ2v) is 5.32. The van der Waals surface area contributed by atoms with Crippen LogP contribution >= 0.6 is 15.9 Å². The highest BCUT2D eigenvalue weighted by Gasteiger charge is 2.33. The van der Waals surface area contributed by atoms with Crippen molar-refractivity contribution in [3.63, 3.8) is 0 Å². The molecule has 0 aliphatic heterocycles. The first kappa shape index (κ1) is 12.4. The molecule has 1 atom stereocenters. The average molecular weight is 299 g/mol. The Balaban J connectivity index is 1.90. The maximum Gasteiger partial charge on any atom is 0.310 e. The molecule has 0 heterocycles. The molecule has 0 amide bonds. The van der Waals surface area contributed by atoms with Gasteiger partial charge in [0.25, 0.3) is 0 Å². The highest BCUT2D eigenvalue weighted by molar-refractivity contribution is 9.10. The van der Waals surface area contributed by atoms with E-state index in [0.29, 0.717) is 5.92 Å². The van der Waals surface area contributed by atoms with Gasteiger partial charge >= 0.3 is 5.97 Å². The van der Waals surface area contributed by atoms with Crippen LogP contribution < -0.4 is 4.74 Å². The highest BCUT2D eigenvalue weighted by atomic mass is 79.9. The Kier molecular flexibility index (Phi) is 4.05. The molecule has 0 saturated heterocycles. The van der Waals surface area contributed by atoms with Gasteiger partial charge in [-0.05, 0) is 43.0 Å². The van der Waals surface area contributed by atoms with Crippen molar-refractivity contribution in [3.8, 4) is 5.75 Å². The lowest BCUT2D eigenvalue weighted by Crippen LogP contribution is -2.33. The van der Waals surface area contributed by atoms with Gasteiger partial charge in [0.2, 0.25) is 0 Å². The van der Waals surface area contributed by atoms with Gasteiger partial charge in [-0.2, -0.15) is 0 Å². The van der Waals surface area contributed by atoms with Crippen molar-refractivity contribution in [1.82, 2.24) is 0 Å². The number of carboxylic acid groups (broad SMARTS) is 1. The Morgan fingerprint density at radius 3 is 2.53 bits per heavy atom. The summed E-state index contributed by atoms with van der Waals surface area (Å²) in [4.78, 5) is 11.1. The van der Waals surface area contributed by atoms with Gasteiger partial charge in [0, 0.05) is 4.47 Å². The molecule has 1 unspecified atom stereocenters. The van der Waals surface area contributed by atoms with E-state index in [0.717, 1.165) is 29.5 Å². The molecule has 1 fully saturated rings. The Morgan fingerprint density at radius 1 is 1.41 bits per heavy atom. The Labute approximate surface area is 109 Å². The average Bonchev–Trinajstić information content (AvgIpc) is 2.23. The smallest absolute Gasteiger partial charge is 0.310 e. The van der Waals surface area contributed by atoms with E-state index in [2.05, 4.69) is 15.9 Å². The second-order valence-electron chi connectivity index (χ2n) is 4.40. The van der Waals surface area contributed by atoms with E-state index in [1.807, 2.05) is 24.3 Å². The number of hydrogen-bond donors (Lipinski definition) is 1. The van der Waals surface area contributed by atoms with E-state index in [9.17, 15) is 4.79 Å². The van der Waals surface area contributed by atoms with Crippen LogP contribution in [-0.2, 0) is 4.79 Å². The molecule has 0 spiro atoms. The third-order valence-corrected chi connectivity index (χ3v) is 3.81. The number of benzene rings is 1. The number of carbonyl (C=O) groups is 1. The number of hydrogen-bond acceptors (Lipinski definition) is 2. The van der Waals surface area contributed by atoms with Crippen LogP contribution in [0.3, 0.4) is 0 Å². The standard InChI is InChI=1S/C13H15BrO3/c14-10-4-6-11(7-5-10)17-8-12(13(15)16)9-2-1-3-9/h4-7,9,12H,1-3,8H2,(H,15,16). The van der Waals surface area contributed by atoms with Crippen LogP contribution in [0.25, 0.3) is 0 Å². The van der Waals surface area contributed by atoms with Gasteiger partial charge in [-0.25, -0.2) is 0 Å². The van der Waals surface area contributed by atoms with E-state index in [-0.39, 0.29) is 12.5 Å². The summed E-state index contributed by atoms with van der Waals surface area (Å²) in [6.45, 7) is 0.266. The van der Waals surface area contributed by atoms with Crippen LogP contribution in [-0.4, -0.2) is 17.7 Å². The largest absolute Gasteiger partial charge is 0.493 e. The van der Waals surface area contributed by atoms with Gasteiger partial charge in [0.1, 0.15) is 12.4 Å². The zero-order valence-corrected chi connectivity index (χ0v) is 11.0. The van der Waals surface area contributed by atoms with Crippen molar-refractivity contribution < 1.29 is 14.6 Å². The minimum absolute atomic E-state index is 0.266. The summed E-state index contributed by atoms with van der Waals surface area (Å²) in [6, 6.07) is 7.44. The first-order valence-electron chi connectivity index (χ1n) is 5.78. The summed E-state index contributed by atoms with van der Waals surface area (Å²) in [5, 5.41) is 9.14. The molecule has 1 aromatic rings. The highest BCUT2D eigenvalue weighted by Crippen LogP contribution is 2.34. The summed E-state index contributed by atoms with van der Waals surface area (Å²) < 4.78 is 6.52. The van der Waals surface area contributed by atoms with Crippen molar-refractivity contribution in [2.45, 2.75) is 19.3 Å². The van der Waals surface area contributed by atoms with Crippen LogP contribution in [0, 0.1) is 11.8 Å². The lowest BCUT2D eigenvalue weighted by atomic mass is 9.76. The third kappa shape index (κ3) is 3.22. The van der Waals surface area contributed by atoms with Gasteiger partial charge in [0.15, 0.2) is 0 Å². The van der Waals surface area contributed by atoms with Crippen molar-refractivity contribution in [1.29, 1.82) is 0 Å². The summed E-state index contributed by atoms with van der Waals surface area (Å²) in [5.41, 5.74) is 0. The van der Waals surface area contributed by atoms with E-state index in [4.69, 9.17) is 9.84 Å². The Bertz CT molecular complexity index is 384. The number of aliphatic carboxylic acids is 1. The first-order chi connectivity index (χ1) is 8.16. The van der Waals surface area contributed by atoms with Gasteiger partial charge in [-0.1, -0.05) is 22.4 Å². The van der Waals surface area contributed by atoms with E-state index < -0.39 is 5.97 Å². The predicted octanol–water partition coefficient (Wildman–Crippen LogP) is 3.33. The molecule has 92 valence electrons. The minimum Gasteiger partial charge on any atom is -0.493 e. The van der Waals surface area contributed by atoms with Crippen molar-refractivity contribution in [2.75, 3.05) is 6.61 Å². The molecular weight excluding hydrogens is 284 g/mol. The fourth-order valence-corrected chi connectivity index (χ4v) is 2.23. The summed E-state index contributed by atoms with van der Waals surface area (Å²) in [7, 11) is 0. The molecular formula is C13H15BrO3. The molecule has 0 radical (unpaired) electrons. The Morgan fingerprint density at radius 2 is 2.06 bits per heavy atom. The van der Waals surface area contributed by atoms with Crippen molar-refractivity contribution >= 4 is 21.9 Å². The van der Waals surface area contributed by atoms with Gasteiger partial charge < -0.3 is 9.84 Å². The molecule has 4 heteroatoms. The summed E-state index contributed by atoms with van der Waals surface area (Å²) >= 11 is 3.34. The normalized spacial score (nSPS) is 17.2. The van der Waals surface area contributed by atoms with Crippen LogP contribution in [0.5, 0.6) is 5.75 Å². The van der Waals surface area contributed by atoms with Crippen molar-refractivity contribution in [3.05, 3.63) is 28.7 Å². The van der Waals surface area contributed by atoms with E-state index in [1.165, 1.54) is 0 Å². The molecule has 1 aliphatic carbocycles. The van der Waals surface area contributed by atoms with Gasteiger partial charge in [-0.3, -0.25) is 4.79 Å². The molecule has 0 aromatic heterocycles. The molecule has 1 aromatic carbocycles. The fraction of sp³-hybridized carbons (Fsp3) is 0.462. The molecule has 1 N–H and O–H groups in total. The predicted molar refractivity (Wildman–Crippen MR) is 68.1 cm³/mol. The number of rotatable bonds is 5. The molecule has 17 heavy (non-hydrogen) atoms. The minimum atomic E-state index is -0.744. The monoisotopic (exact) mass is 298 g/mol. The lowest BCUT2D eigenvalue weighted by molar-refractivity contribution is -0.146. The van der Waals surface area contributed by atoms with Crippen LogP contribution in [0.4, 0.5) is 0 Å². The molecule has 2 rings (SSSR count). The molecule has 1 saturated carbocycles. The lowest BCUT2D eigenvalue weighted by Gasteiger charge is -2.30. The fourth-order valence-electron chi connectivity index (χ4n) is 1.97. The zero-order chi connectivity index (χ0) is 12.3. The van der Waals surface area contributed by atoms with Crippen LogP contribution in [0.2, 0.25) is 0 Å². The number of ether oxygens (including phenoxy) is 1. The van der Waals surface area contributed by atoms with E-state index >= 15 is 0 Å². The first-order valence-corrected chi connectivity index (χ1v) is 6.57. The van der Waals surface area contributed by atoms with Crippen LogP contribution in [0.1, 0.15) is 19.3 Å². The Hall–Kier alpha value is -1.03. The zero-order valence-electron chi connectivity index (χ0n) is 9.43. The van der Waals surface area contributed by atoms with Crippen LogP contribution in [0.15, 0.2) is 28.7 Å². The molecule has 0 bridgehead atoms. The molecule has 1 aliphatic rings.